The zero-order valence-corrected chi connectivity index (χ0v) is 14.2. The van der Waals surface area contributed by atoms with Crippen molar-refractivity contribution in [2.75, 3.05) is 33.2 Å². The summed E-state index contributed by atoms with van der Waals surface area (Å²) in [6, 6.07) is 0.480. The molecule has 2 amide bonds. The van der Waals surface area contributed by atoms with Gasteiger partial charge in [0.15, 0.2) is 0 Å². The highest BCUT2D eigenvalue weighted by Gasteiger charge is 2.34. The molecule has 2 aliphatic heterocycles. The van der Waals surface area contributed by atoms with Crippen LogP contribution in [0.15, 0.2) is 0 Å². The molecule has 0 spiro atoms. The van der Waals surface area contributed by atoms with Crippen molar-refractivity contribution in [3.8, 4) is 0 Å². The Labute approximate surface area is 133 Å². The minimum absolute atomic E-state index is 0.119. The van der Waals surface area contributed by atoms with Crippen molar-refractivity contribution in [1.82, 2.24) is 15.1 Å². The van der Waals surface area contributed by atoms with Crippen molar-refractivity contribution in [3.05, 3.63) is 0 Å². The molecule has 2 heterocycles. The van der Waals surface area contributed by atoms with Gasteiger partial charge in [-0.2, -0.15) is 0 Å². The predicted octanol–water partition coefficient (Wildman–Crippen LogP) is 1.45. The summed E-state index contributed by atoms with van der Waals surface area (Å²) in [6.45, 7) is 8.97. The van der Waals surface area contributed by atoms with Crippen LogP contribution in [0.5, 0.6) is 0 Å². The lowest BCUT2D eigenvalue weighted by molar-refractivity contribution is -0.124. The van der Waals surface area contributed by atoms with Crippen LogP contribution in [0.4, 0.5) is 4.79 Å². The molecule has 126 valence electrons. The first-order chi connectivity index (χ1) is 10.3. The van der Waals surface area contributed by atoms with Gasteiger partial charge in [-0.25, -0.2) is 4.79 Å². The Balaban J connectivity index is 1.78. The van der Waals surface area contributed by atoms with E-state index in [0.29, 0.717) is 6.04 Å². The number of rotatable bonds is 2. The maximum absolute atomic E-state index is 12.1. The van der Waals surface area contributed by atoms with Gasteiger partial charge < -0.3 is 15.0 Å². The average Bonchev–Trinajstić information content (AvgIpc) is 2.94. The lowest BCUT2D eigenvalue weighted by Crippen LogP contribution is -2.47. The van der Waals surface area contributed by atoms with E-state index in [1.165, 1.54) is 0 Å². The van der Waals surface area contributed by atoms with Crippen molar-refractivity contribution in [2.45, 2.75) is 51.7 Å². The van der Waals surface area contributed by atoms with Crippen LogP contribution in [-0.4, -0.2) is 66.7 Å². The summed E-state index contributed by atoms with van der Waals surface area (Å²) in [7, 11) is 1.70. The lowest BCUT2D eigenvalue weighted by Gasteiger charge is -2.37. The minimum Gasteiger partial charge on any atom is -0.444 e. The summed E-state index contributed by atoms with van der Waals surface area (Å²) >= 11 is 0. The Morgan fingerprint density at radius 2 is 1.73 bits per heavy atom. The largest absolute Gasteiger partial charge is 0.444 e. The quantitative estimate of drug-likeness (QED) is 0.838. The second-order valence-electron chi connectivity index (χ2n) is 7.29. The van der Waals surface area contributed by atoms with Crippen LogP contribution < -0.4 is 5.32 Å². The molecule has 2 saturated heterocycles. The summed E-state index contributed by atoms with van der Waals surface area (Å²) in [5.74, 6) is 0.266. The maximum atomic E-state index is 12.1. The second kappa shape index (κ2) is 6.86. The third-order valence-corrected chi connectivity index (χ3v) is 4.47. The van der Waals surface area contributed by atoms with Crippen LogP contribution in [0.2, 0.25) is 0 Å². The van der Waals surface area contributed by atoms with Crippen LogP contribution in [0, 0.1) is 5.92 Å². The van der Waals surface area contributed by atoms with E-state index in [9.17, 15) is 9.59 Å². The standard InChI is InChI=1S/C16H29N3O3/c1-16(2,3)22-15(21)18-9-6-13(7-10-18)19-8-5-12(11-19)14(20)17-4/h12-13H,5-11H2,1-4H3,(H,17,20)/t12-/m0/s1. The zero-order valence-electron chi connectivity index (χ0n) is 14.2. The number of ether oxygens (including phenoxy) is 1. The van der Waals surface area contributed by atoms with Gasteiger partial charge >= 0.3 is 6.09 Å². The van der Waals surface area contributed by atoms with Crippen LogP contribution >= 0.6 is 0 Å². The molecule has 0 saturated carbocycles. The molecular formula is C16H29N3O3. The van der Waals surface area contributed by atoms with Crippen molar-refractivity contribution >= 4 is 12.0 Å². The molecule has 22 heavy (non-hydrogen) atoms. The normalized spacial score (nSPS) is 24.4. The van der Waals surface area contributed by atoms with E-state index in [4.69, 9.17) is 4.74 Å². The molecule has 0 radical (unpaired) electrons. The van der Waals surface area contributed by atoms with E-state index in [0.717, 1.165) is 45.4 Å². The number of piperidine rings is 1. The molecule has 1 N–H and O–H groups in total. The number of hydrogen-bond acceptors (Lipinski definition) is 4. The molecule has 2 rings (SSSR count). The number of likely N-dealkylation sites (tertiary alicyclic amines) is 2. The van der Waals surface area contributed by atoms with Gasteiger partial charge in [0, 0.05) is 32.7 Å². The topological polar surface area (TPSA) is 61.9 Å². The molecule has 1 atom stereocenters. The Kier molecular flexibility index (Phi) is 5.32. The van der Waals surface area contributed by atoms with Gasteiger partial charge in [0.25, 0.3) is 0 Å². The molecule has 2 fully saturated rings. The highest BCUT2D eigenvalue weighted by molar-refractivity contribution is 5.78. The van der Waals surface area contributed by atoms with E-state index in [1.54, 1.807) is 11.9 Å². The molecule has 0 bridgehead atoms. The van der Waals surface area contributed by atoms with Gasteiger partial charge in [-0.15, -0.1) is 0 Å². The van der Waals surface area contributed by atoms with Crippen molar-refractivity contribution < 1.29 is 14.3 Å². The van der Waals surface area contributed by atoms with Crippen LogP contribution in [0.25, 0.3) is 0 Å². The fourth-order valence-corrected chi connectivity index (χ4v) is 3.28. The van der Waals surface area contributed by atoms with E-state index < -0.39 is 5.60 Å². The monoisotopic (exact) mass is 311 g/mol. The highest BCUT2D eigenvalue weighted by atomic mass is 16.6. The molecule has 2 aliphatic rings. The van der Waals surface area contributed by atoms with Gasteiger partial charge in [-0.1, -0.05) is 0 Å². The summed E-state index contributed by atoms with van der Waals surface area (Å²) in [4.78, 5) is 28.0. The van der Waals surface area contributed by atoms with Gasteiger partial charge in [0.1, 0.15) is 5.60 Å². The molecule has 0 aromatic carbocycles. The Morgan fingerprint density at radius 3 is 2.27 bits per heavy atom. The molecule has 0 aromatic heterocycles. The Hall–Kier alpha value is -1.30. The lowest BCUT2D eigenvalue weighted by atomic mass is 10.0. The molecule has 0 aromatic rings. The average molecular weight is 311 g/mol. The first-order valence-electron chi connectivity index (χ1n) is 8.23. The first-order valence-corrected chi connectivity index (χ1v) is 8.23. The SMILES string of the molecule is CNC(=O)[C@H]1CCN(C2CCN(C(=O)OC(C)(C)C)CC2)C1. The predicted molar refractivity (Wildman–Crippen MR) is 84.6 cm³/mol. The van der Waals surface area contributed by atoms with E-state index in [-0.39, 0.29) is 17.9 Å². The summed E-state index contributed by atoms with van der Waals surface area (Å²) in [6.07, 6.45) is 2.64. The van der Waals surface area contributed by atoms with Crippen LogP contribution in [0.3, 0.4) is 0 Å². The minimum atomic E-state index is -0.441. The Bertz CT molecular complexity index is 411. The van der Waals surface area contributed by atoms with Crippen LogP contribution in [0.1, 0.15) is 40.0 Å². The second-order valence-corrected chi connectivity index (χ2v) is 7.29. The van der Waals surface area contributed by atoms with Gasteiger partial charge in [-0.05, 0) is 46.6 Å². The number of nitrogens with zero attached hydrogens (tertiary/aromatic N) is 2. The van der Waals surface area contributed by atoms with Gasteiger partial charge in [-0.3, -0.25) is 9.69 Å². The molecule has 6 heteroatoms. The fourth-order valence-electron chi connectivity index (χ4n) is 3.28. The molecule has 0 unspecified atom stereocenters. The van der Waals surface area contributed by atoms with E-state index >= 15 is 0 Å². The third-order valence-electron chi connectivity index (χ3n) is 4.47. The van der Waals surface area contributed by atoms with Gasteiger partial charge in [0.05, 0.1) is 5.92 Å². The van der Waals surface area contributed by atoms with E-state index in [2.05, 4.69) is 10.2 Å². The number of nitrogens with one attached hydrogen (secondary N) is 1. The molecule has 6 nitrogen and oxygen atoms in total. The van der Waals surface area contributed by atoms with Crippen LogP contribution in [-0.2, 0) is 9.53 Å². The van der Waals surface area contributed by atoms with E-state index in [1.807, 2.05) is 20.8 Å². The number of hydrogen-bond donors (Lipinski definition) is 1. The van der Waals surface area contributed by atoms with Crippen molar-refractivity contribution in [3.63, 3.8) is 0 Å². The smallest absolute Gasteiger partial charge is 0.410 e. The van der Waals surface area contributed by atoms with Crippen molar-refractivity contribution in [2.24, 2.45) is 5.92 Å². The Morgan fingerprint density at radius 1 is 1.09 bits per heavy atom. The number of carbonyl (C=O) groups is 2. The van der Waals surface area contributed by atoms with Crippen molar-refractivity contribution in [1.29, 1.82) is 0 Å². The first kappa shape index (κ1) is 17.1. The van der Waals surface area contributed by atoms with Gasteiger partial charge in [0.2, 0.25) is 5.91 Å². The maximum Gasteiger partial charge on any atom is 0.410 e. The zero-order chi connectivity index (χ0) is 16.3. The molecular weight excluding hydrogens is 282 g/mol. The summed E-state index contributed by atoms with van der Waals surface area (Å²) in [5, 5.41) is 2.74. The fraction of sp³-hybridized carbons (Fsp3) is 0.875. The summed E-state index contributed by atoms with van der Waals surface area (Å²) in [5.41, 5.74) is -0.441. The molecule has 0 aliphatic carbocycles. The highest BCUT2D eigenvalue weighted by Crippen LogP contribution is 2.25. The number of amides is 2. The third kappa shape index (κ3) is 4.35. The number of carbonyl (C=O) groups excluding carboxylic acids is 2. The summed E-state index contributed by atoms with van der Waals surface area (Å²) < 4.78 is 5.42.